The Morgan fingerprint density at radius 1 is 1.45 bits per heavy atom. The zero-order chi connectivity index (χ0) is 14.5. The molecule has 1 aromatic rings. The fourth-order valence-electron chi connectivity index (χ4n) is 2.81. The van der Waals surface area contributed by atoms with E-state index in [-0.39, 0.29) is 23.8 Å². The van der Waals surface area contributed by atoms with Gasteiger partial charge in [-0.15, -0.1) is 0 Å². The lowest BCUT2D eigenvalue weighted by Gasteiger charge is -2.28. The number of carbonyl (C=O) groups is 1. The van der Waals surface area contributed by atoms with Crippen molar-refractivity contribution in [3.8, 4) is 0 Å². The summed E-state index contributed by atoms with van der Waals surface area (Å²) in [5.74, 6) is 0.205. The summed E-state index contributed by atoms with van der Waals surface area (Å²) in [7, 11) is 0. The van der Waals surface area contributed by atoms with Gasteiger partial charge in [-0.25, -0.2) is 0 Å². The predicted molar refractivity (Wildman–Crippen MR) is 83.1 cm³/mol. The lowest BCUT2D eigenvalue weighted by Crippen LogP contribution is -2.47. The summed E-state index contributed by atoms with van der Waals surface area (Å²) in [6.45, 7) is 6.06. The van der Waals surface area contributed by atoms with Crippen LogP contribution in [0.25, 0.3) is 0 Å². The van der Waals surface area contributed by atoms with Crippen molar-refractivity contribution in [2.24, 2.45) is 5.92 Å². The largest absolute Gasteiger partial charge is 0.352 e. The van der Waals surface area contributed by atoms with E-state index in [1.54, 1.807) is 0 Å². The van der Waals surface area contributed by atoms with Gasteiger partial charge in [0.1, 0.15) is 0 Å². The molecule has 0 aliphatic carbocycles. The number of amides is 1. The highest BCUT2D eigenvalue weighted by molar-refractivity contribution is 6.30. The van der Waals surface area contributed by atoms with Crippen LogP contribution in [0.15, 0.2) is 24.3 Å². The summed E-state index contributed by atoms with van der Waals surface area (Å²) in [5, 5.41) is 7.18. The van der Waals surface area contributed by atoms with E-state index in [0.717, 1.165) is 31.5 Å². The van der Waals surface area contributed by atoms with Crippen LogP contribution < -0.4 is 10.6 Å². The second-order valence-corrected chi connectivity index (χ2v) is 6.26. The highest BCUT2D eigenvalue weighted by Crippen LogP contribution is 2.27. The van der Waals surface area contributed by atoms with E-state index in [4.69, 9.17) is 11.6 Å². The van der Waals surface area contributed by atoms with E-state index in [1.165, 1.54) is 0 Å². The Hall–Kier alpha value is -1.06. The van der Waals surface area contributed by atoms with Crippen molar-refractivity contribution in [3.63, 3.8) is 0 Å². The number of carbonyl (C=O) groups excluding carboxylic acids is 1. The van der Waals surface area contributed by atoms with Gasteiger partial charge in [-0.05, 0) is 43.0 Å². The zero-order valence-electron chi connectivity index (χ0n) is 12.2. The number of piperidine rings is 1. The van der Waals surface area contributed by atoms with Crippen molar-refractivity contribution in [3.05, 3.63) is 34.9 Å². The monoisotopic (exact) mass is 294 g/mol. The number of halogens is 1. The first kappa shape index (κ1) is 15.3. The van der Waals surface area contributed by atoms with Gasteiger partial charge in [-0.1, -0.05) is 37.6 Å². The number of rotatable bonds is 4. The first-order chi connectivity index (χ1) is 9.58. The van der Waals surface area contributed by atoms with Crippen molar-refractivity contribution < 1.29 is 4.79 Å². The third-order valence-electron chi connectivity index (χ3n) is 3.80. The van der Waals surface area contributed by atoms with E-state index in [0.29, 0.717) is 5.02 Å². The molecule has 20 heavy (non-hydrogen) atoms. The molecule has 1 aliphatic heterocycles. The molecule has 0 spiro atoms. The molecule has 0 aromatic heterocycles. The quantitative estimate of drug-likeness (QED) is 0.896. The number of hydrogen-bond donors (Lipinski definition) is 2. The van der Waals surface area contributed by atoms with Gasteiger partial charge in [0.05, 0.1) is 5.92 Å². The van der Waals surface area contributed by atoms with Gasteiger partial charge >= 0.3 is 0 Å². The summed E-state index contributed by atoms with van der Waals surface area (Å²) in [4.78, 5) is 12.6. The third-order valence-corrected chi connectivity index (χ3v) is 4.04. The van der Waals surface area contributed by atoms with E-state index < -0.39 is 0 Å². The van der Waals surface area contributed by atoms with Crippen LogP contribution in [0.4, 0.5) is 0 Å². The Labute approximate surface area is 126 Å². The van der Waals surface area contributed by atoms with Gasteiger partial charge in [0.25, 0.3) is 0 Å². The van der Waals surface area contributed by atoms with E-state index in [9.17, 15) is 4.79 Å². The van der Waals surface area contributed by atoms with E-state index >= 15 is 0 Å². The fraction of sp³-hybridized carbons (Fsp3) is 0.562. The van der Waals surface area contributed by atoms with Crippen LogP contribution in [0.5, 0.6) is 0 Å². The number of hydrogen-bond acceptors (Lipinski definition) is 2. The van der Waals surface area contributed by atoms with Crippen molar-refractivity contribution in [1.29, 1.82) is 0 Å². The molecule has 2 unspecified atom stereocenters. The Kier molecular flexibility index (Phi) is 5.44. The zero-order valence-corrected chi connectivity index (χ0v) is 12.9. The molecule has 2 rings (SSSR count). The van der Waals surface area contributed by atoms with Gasteiger partial charge < -0.3 is 10.6 Å². The maximum atomic E-state index is 12.6. The van der Waals surface area contributed by atoms with Gasteiger partial charge in [0.2, 0.25) is 5.91 Å². The van der Waals surface area contributed by atoms with Crippen LogP contribution >= 0.6 is 11.6 Å². The van der Waals surface area contributed by atoms with E-state index in [2.05, 4.69) is 24.5 Å². The van der Waals surface area contributed by atoms with Crippen LogP contribution in [0, 0.1) is 5.92 Å². The smallest absolute Gasteiger partial charge is 0.228 e. The maximum Gasteiger partial charge on any atom is 0.228 e. The molecule has 1 amide bonds. The predicted octanol–water partition coefficient (Wildman–Crippen LogP) is 2.95. The fourth-order valence-corrected chi connectivity index (χ4v) is 3.00. The lowest BCUT2D eigenvalue weighted by molar-refractivity contribution is -0.124. The standard InChI is InChI=1S/C16H23ClN2O/c1-11(2)15(12-5-3-6-13(17)9-12)16(20)19-14-7-4-8-18-10-14/h3,5-6,9,11,14-15,18H,4,7-8,10H2,1-2H3,(H,19,20). The molecule has 110 valence electrons. The number of nitrogens with one attached hydrogen (secondary N) is 2. The van der Waals surface area contributed by atoms with Crippen LogP contribution in [0.1, 0.15) is 38.2 Å². The van der Waals surface area contributed by atoms with Crippen LogP contribution in [-0.2, 0) is 4.79 Å². The molecule has 0 radical (unpaired) electrons. The molecule has 2 atom stereocenters. The highest BCUT2D eigenvalue weighted by atomic mass is 35.5. The van der Waals surface area contributed by atoms with Gasteiger partial charge in [-0.3, -0.25) is 4.79 Å². The van der Waals surface area contributed by atoms with Gasteiger partial charge in [-0.2, -0.15) is 0 Å². The van der Waals surface area contributed by atoms with E-state index in [1.807, 2.05) is 24.3 Å². The van der Waals surface area contributed by atoms with Crippen molar-refractivity contribution in [2.45, 2.75) is 38.6 Å². The van der Waals surface area contributed by atoms with Crippen molar-refractivity contribution >= 4 is 17.5 Å². The molecular weight excluding hydrogens is 272 g/mol. The van der Waals surface area contributed by atoms with Crippen LogP contribution in [0.3, 0.4) is 0 Å². The SMILES string of the molecule is CC(C)C(C(=O)NC1CCCNC1)c1cccc(Cl)c1. The van der Waals surface area contributed by atoms with Crippen molar-refractivity contribution in [1.82, 2.24) is 10.6 Å². The molecule has 4 heteroatoms. The van der Waals surface area contributed by atoms with Gasteiger partial charge in [0.15, 0.2) is 0 Å². The molecule has 1 fully saturated rings. The summed E-state index contributed by atoms with van der Waals surface area (Å²) in [6.07, 6.45) is 2.17. The van der Waals surface area contributed by atoms with Crippen LogP contribution in [-0.4, -0.2) is 25.0 Å². The molecule has 1 aromatic carbocycles. The Bertz CT molecular complexity index is 456. The third kappa shape index (κ3) is 3.97. The van der Waals surface area contributed by atoms with Crippen molar-refractivity contribution in [2.75, 3.05) is 13.1 Å². The second kappa shape index (κ2) is 7.09. The molecule has 3 nitrogen and oxygen atoms in total. The first-order valence-corrected chi connectivity index (χ1v) is 7.72. The average molecular weight is 295 g/mol. The summed E-state index contributed by atoms with van der Waals surface area (Å²) < 4.78 is 0. The summed E-state index contributed by atoms with van der Waals surface area (Å²) >= 11 is 6.05. The molecule has 1 aliphatic rings. The highest BCUT2D eigenvalue weighted by Gasteiger charge is 2.26. The van der Waals surface area contributed by atoms with Gasteiger partial charge in [0, 0.05) is 17.6 Å². The summed E-state index contributed by atoms with van der Waals surface area (Å²) in [6, 6.07) is 7.87. The normalized spacial score (nSPS) is 20.7. The Balaban J connectivity index is 2.09. The topological polar surface area (TPSA) is 41.1 Å². The number of benzene rings is 1. The lowest BCUT2D eigenvalue weighted by atomic mass is 9.87. The summed E-state index contributed by atoms with van der Waals surface area (Å²) in [5.41, 5.74) is 0.994. The first-order valence-electron chi connectivity index (χ1n) is 7.34. The minimum Gasteiger partial charge on any atom is -0.352 e. The molecule has 1 heterocycles. The minimum absolute atomic E-state index is 0.107. The second-order valence-electron chi connectivity index (χ2n) is 5.83. The maximum absolute atomic E-state index is 12.6. The van der Waals surface area contributed by atoms with Crippen LogP contribution in [0.2, 0.25) is 5.02 Å². The molecule has 1 saturated heterocycles. The Morgan fingerprint density at radius 2 is 2.25 bits per heavy atom. The molecule has 2 N–H and O–H groups in total. The Morgan fingerprint density at radius 3 is 2.85 bits per heavy atom. The molecule has 0 saturated carbocycles. The average Bonchev–Trinajstić information content (AvgIpc) is 2.39. The molecule has 0 bridgehead atoms. The molecular formula is C16H23ClN2O. The minimum atomic E-state index is -0.143.